The Kier molecular flexibility index (Phi) is 4.85. The van der Waals surface area contributed by atoms with Crippen molar-refractivity contribution in [2.45, 2.75) is 19.6 Å². The first-order valence-electron chi connectivity index (χ1n) is 7.29. The first kappa shape index (κ1) is 17.5. The number of carbonyl (C=O) groups is 1. The van der Waals surface area contributed by atoms with E-state index < -0.39 is 17.2 Å². The summed E-state index contributed by atoms with van der Waals surface area (Å²) in [6.45, 7) is 4.24. The Balaban J connectivity index is 1.49. The molecule has 136 valence electrons. The number of aryl methyl sites for hydroxylation is 1. The van der Waals surface area contributed by atoms with Crippen LogP contribution in [0.2, 0.25) is 0 Å². The van der Waals surface area contributed by atoms with Crippen LogP contribution in [-0.4, -0.2) is 62.3 Å². The predicted octanol–water partition coefficient (Wildman–Crippen LogP) is 1.60. The Hall–Kier alpha value is -2.28. The predicted molar refractivity (Wildman–Crippen MR) is 79.8 cm³/mol. The first-order valence-corrected chi connectivity index (χ1v) is 8.11. The zero-order valence-corrected chi connectivity index (χ0v) is 13.9. The molecule has 2 aromatic heterocycles. The van der Waals surface area contributed by atoms with Gasteiger partial charge in [-0.2, -0.15) is 18.2 Å². The molecule has 3 heterocycles. The van der Waals surface area contributed by atoms with E-state index in [1.54, 1.807) is 6.92 Å². The fourth-order valence-electron chi connectivity index (χ4n) is 2.27. The van der Waals surface area contributed by atoms with Crippen LogP contribution in [0.25, 0.3) is 0 Å². The van der Waals surface area contributed by atoms with E-state index in [0.717, 1.165) is 0 Å². The Bertz CT molecular complexity index is 739. The van der Waals surface area contributed by atoms with Crippen LogP contribution < -0.4 is 5.32 Å². The molecule has 0 saturated carbocycles. The molecule has 1 N–H and O–H groups in total. The number of amides is 2. The summed E-state index contributed by atoms with van der Waals surface area (Å²) in [5.41, 5.74) is 0. The minimum Gasteiger partial charge on any atom is -0.340 e. The molecule has 0 aromatic carbocycles. The molecule has 0 spiro atoms. The maximum Gasteiger partial charge on any atom is 0.445 e. The summed E-state index contributed by atoms with van der Waals surface area (Å²) < 4.78 is 42.3. The van der Waals surface area contributed by atoms with Gasteiger partial charge in [-0.05, 0) is 0 Å². The molecule has 1 saturated heterocycles. The van der Waals surface area contributed by atoms with Gasteiger partial charge in [0, 0.05) is 33.1 Å². The van der Waals surface area contributed by atoms with E-state index in [1.165, 1.54) is 4.90 Å². The van der Waals surface area contributed by atoms with Gasteiger partial charge in [0.1, 0.15) is 0 Å². The molecule has 1 aliphatic heterocycles. The molecule has 1 fully saturated rings. The number of hydrogen-bond acceptors (Lipinski definition) is 8. The molecule has 1 aliphatic rings. The minimum atomic E-state index is -4.57. The molecular formula is C12H14F3N7O2S. The van der Waals surface area contributed by atoms with Gasteiger partial charge in [-0.25, -0.2) is 4.79 Å². The largest absolute Gasteiger partial charge is 0.445 e. The summed E-state index contributed by atoms with van der Waals surface area (Å²) in [7, 11) is 0. The average Bonchev–Trinajstić information content (AvgIpc) is 3.17. The number of halogens is 3. The maximum atomic E-state index is 12.5. The number of carbonyl (C=O) groups excluding carboxylic acids is 1. The molecule has 0 atom stereocenters. The highest BCUT2D eigenvalue weighted by Crippen LogP contribution is 2.33. The van der Waals surface area contributed by atoms with E-state index in [1.807, 2.05) is 0 Å². The van der Waals surface area contributed by atoms with Crippen LogP contribution in [0.15, 0.2) is 4.52 Å². The lowest BCUT2D eigenvalue weighted by Crippen LogP contribution is -2.49. The molecule has 9 nitrogen and oxygen atoms in total. The number of nitrogens with one attached hydrogen (secondary N) is 1. The van der Waals surface area contributed by atoms with Gasteiger partial charge >= 0.3 is 12.2 Å². The number of urea groups is 1. The van der Waals surface area contributed by atoms with E-state index in [2.05, 4.69) is 30.6 Å². The Morgan fingerprint density at radius 2 is 2.00 bits per heavy atom. The van der Waals surface area contributed by atoms with E-state index in [-0.39, 0.29) is 5.13 Å². The van der Waals surface area contributed by atoms with Crippen LogP contribution >= 0.6 is 11.3 Å². The van der Waals surface area contributed by atoms with Crippen LogP contribution in [0, 0.1) is 6.92 Å². The van der Waals surface area contributed by atoms with Crippen LogP contribution in [0.3, 0.4) is 0 Å². The van der Waals surface area contributed by atoms with Crippen molar-refractivity contribution in [2.75, 3.05) is 31.5 Å². The first-order chi connectivity index (χ1) is 11.8. The van der Waals surface area contributed by atoms with Gasteiger partial charge in [0.15, 0.2) is 5.82 Å². The van der Waals surface area contributed by atoms with E-state index >= 15 is 0 Å². The number of anilines is 1. The SMILES string of the molecule is Cc1nc(CN2CCN(C(=O)Nc3nnc(C(F)(F)F)s3)CC2)no1. The molecule has 2 aromatic rings. The van der Waals surface area contributed by atoms with Gasteiger partial charge in [-0.1, -0.05) is 16.5 Å². The highest BCUT2D eigenvalue weighted by atomic mass is 32.1. The zero-order valence-electron chi connectivity index (χ0n) is 13.1. The third-order valence-electron chi connectivity index (χ3n) is 3.48. The monoisotopic (exact) mass is 377 g/mol. The van der Waals surface area contributed by atoms with Gasteiger partial charge in [-0.3, -0.25) is 10.2 Å². The smallest absolute Gasteiger partial charge is 0.340 e. The molecule has 13 heteroatoms. The van der Waals surface area contributed by atoms with Gasteiger partial charge < -0.3 is 9.42 Å². The fraction of sp³-hybridized carbons (Fsp3) is 0.583. The van der Waals surface area contributed by atoms with E-state index in [9.17, 15) is 18.0 Å². The lowest BCUT2D eigenvalue weighted by Gasteiger charge is -2.33. The molecule has 2 amide bonds. The van der Waals surface area contributed by atoms with Crippen LogP contribution in [0.5, 0.6) is 0 Å². The molecule has 3 rings (SSSR count). The van der Waals surface area contributed by atoms with Gasteiger partial charge in [0.2, 0.25) is 16.0 Å². The van der Waals surface area contributed by atoms with Crippen LogP contribution in [0.4, 0.5) is 23.1 Å². The second kappa shape index (κ2) is 6.92. The number of hydrogen-bond donors (Lipinski definition) is 1. The summed E-state index contributed by atoms with van der Waals surface area (Å²) in [5.74, 6) is 1.06. The molecular weight excluding hydrogens is 363 g/mol. The van der Waals surface area contributed by atoms with E-state index in [0.29, 0.717) is 55.8 Å². The fourth-order valence-corrected chi connectivity index (χ4v) is 2.87. The molecule has 0 aliphatic carbocycles. The van der Waals surface area contributed by atoms with Gasteiger partial charge in [-0.15, -0.1) is 10.2 Å². The Labute approximate surface area is 143 Å². The Morgan fingerprint density at radius 1 is 1.28 bits per heavy atom. The number of piperazine rings is 1. The Morgan fingerprint density at radius 3 is 2.56 bits per heavy atom. The summed E-state index contributed by atoms with van der Waals surface area (Å²) >= 11 is 0.294. The quantitative estimate of drug-likeness (QED) is 0.867. The lowest BCUT2D eigenvalue weighted by molar-refractivity contribution is -0.138. The van der Waals surface area contributed by atoms with Crippen LogP contribution in [0.1, 0.15) is 16.7 Å². The van der Waals surface area contributed by atoms with Crippen LogP contribution in [-0.2, 0) is 12.7 Å². The highest BCUT2D eigenvalue weighted by Gasteiger charge is 2.36. The number of aromatic nitrogens is 4. The summed E-state index contributed by atoms with van der Waals surface area (Å²) in [5, 5.41) is 11.3. The van der Waals surface area contributed by atoms with Crippen molar-refractivity contribution in [2.24, 2.45) is 0 Å². The molecule has 0 radical (unpaired) electrons. The standard InChI is InChI=1S/C12H14F3N7O2S/c1-7-16-8(20-24-7)6-21-2-4-22(5-3-21)11(23)17-10-19-18-9(25-10)12(13,14)15/h2-6H2,1H3,(H,17,19,23). The average molecular weight is 377 g/mol. The van der Waals surface area contributed by atoms with Crippen molar-refractivity contribution < 1.29 is 22.5 Å². The highest BCUT2D eigenvalue weighted by molar-refractivity contribution is 7.15. The summed E-state index contributed by atoms with van der Waals surface area (Å²) in [6, 6.07) is -0.500. The van der Waals surface area contributed by atoms with Crippen molar-refractivity contribution in [3.05, 3.63) is 16.7 Å². The van der Waals surface area contributed by atoms with Crippen molar-refractivity contribution in [3.8, 4) is 0 Å². The molecule has 0 unspecified atom stereocenters. The van der Waals surface area contributed by atoms with Gasteiger partial charge in [0.05, 0.1) is 6.54 Å². The van der Waals surface area contributed by atoms with Crippen molar-refractivity contribution in [1.82, 2.24) is 30.1 Å². The van der Waals surface area contributed by atoms with Crippen molar-refractivity contribution in [3.63, 3.8) is 0 Å². The lowest BCUT2D eigenvalue weighted by atomic mass is 10.3. The molecule has 25 heavy (non-hydrogen) atoms. The van der Waals surface area contributed by atoms with Gasteiger partial charge in [0.25, 0.3) is 0 Å². The third-order valence-corrected chi connectivity index (χ3v) is 4.36. The second-order valence-electron chi connectivity index (χ2n) is 5.33. The normalized spacial score (nSPS) is 16.2. The number of rotatable bonds is 3. The minimum absolute atomic E-state index is 0.179. The zero-order chi connectivity index (χ0) is 18.0. The number of nitrogens with zero attached hydrogens (tertiary/aromatic N) is 6. The number of alkyl halides is 3. The topological polar surface area (TPSA) is 100 Å². The summed E-state index contributed by atoms with van der Waals surface area (Å²) in [4.78, 5) is 19.8. The summed E-state index contributed by atoms with van der Waals surface area (Å²) in [6.07, 6.45) is -4.57. The van der Waals surface area contributed by atoms with Crippen molar-refractivity contribution in [1.29, 1.82) is 0 Å². The molecule has 0 bridgehead atoms. The van der Waals surface area contributed by atoms with E-state index in [4.69, 9.17) is 4.52 Å². The second-order valence-corrected chi connectivity index (χ2v) is 6.31. The maximum absolute atomic E-state index is 12.5. The van der Waals surface area contributed by atoms with Crippen molar-refractivity contribution >= 4 is 22.5 Å². The third kappa shape index (κ3) is 4.42.